The van der Waals surface area contributed by atoms with E-state index < -0.39 is 0 Å². The van der Waals surface area contributed by atoms with Crippen molar-refractivity contribution in [1.82, 2.24) is 19.9 Å². The summed E-state index contributed by atoms with van der Waals surface area (Å²) in [5.74, 6) is 1.19. The highest BCUT2D eigenvalue weighted by molar-refractivity contribution is 6.14. The van der Waals surface area contributed by atoms with Gasteiger partial charge in [-0.1, -0.05) is 12.1 Å². The van der Waals surface area contributed by atoms with E-state index in [0.717, 1.165) is 47.3 Å². The smallest absolute Gasteiger partial charge is 0.326 e. The van der Waals surface area contributed by atoms with Gasteiger partial charge in [-0.2, -0.15) is 15.2 Å². The molecule has 9 heteroatoms. The second-order valence-electron chi connectivity index (χ2n) is 7.27. The number of nitrogens with one attached hydrogen (secondary N) is 2. The maximum Gasteiger partial charge on any atom is 0.326 e. The van der Waals surface area contributed by atoms with Crippen LogP contribution in [0.1, 0.15) is 12.0 Å². The average Bonchev–Trinajstić information content (AvgIpc) is 3.36. The molecule has 0 aliphatic carbocycles. The van der Waals surface area contributed by atoms with Crippen LogP contribution in [0, 0.1) is 11.3 Å². The van der Waals surface area contributed by atoms with Crippen molar-refractivity contribution in [2.45, 2.75) is 12.5 Å². The molecule has 30 heavy (non-hydrogen) atoms. The van der Waals surface area contributed by atoms with E-state index in [1.807, 2.05) is 19.2 Å². The Labute approximate surface area is 172 Å². The van der Waals surface area contributed by atoms with Gasteiger partial charge in [-0.05, 0) is 12.5 Å². The van der Waals surface area contributed by atoms with Crippen molar-refractivity contribution in [3.05, 3.63) is 42.2 Å². The monoisotopic (exact) mass is 400 g/mol. The molecule has 1 fully saturated rings. The fourth-order valence-corrected chi connectivity index (χ4v) is 3.88. The molecule has 1 aromatic carbocycles. The number of rotatable bonds is 4. The minimum Gasteiger partial charge on any atom is -0.422 e. The van der Waals surface area contributed by atoms with Crippen LogP contribution >= 0.6 is 0 Å². The SMILES string of the molecule is CNc1cccc2c1[nH]c1nc(Oc3cncc(C#N)c3)nc(N3CC[C@@H](N)C3)c12. The first kappa shape index (κ1) is 18.1. The Balaban J connectivity index is 1.69. The number of nitriles is 1. The van der Waals surface area contributed by atoms with Crippen molar-refractivity contribution in [2.24, 2.45) is 5.73 Å². The zero-order chi connectivity index (χ0) is 20.7. The summed E-state index contributed by atoms with van der Waals surface area (Å²) < 4.78 is 5.88. The first-order valence-corrected chi connectivity index (χ1v) is 9.70. The molecule has 4 aromatic rings. The molecule has 0 saturated carbocycles. The molecule has 1 aliphatic rings. The van der Waals surface area contributed by atoms with E-state index in [2.05, 4.69) is 37.3 Å². The van der Waals surface area contributed by atoms with E-state index in [0.29, 0.717) is 17.0 Å². The third kappa shape index (κ3) is 3.03. The second-order valence-corrected chi connectivity index (χ2v) is 7.27. The van der Waals surface area contributed by atoms with E-state index in [1.54, 1.807) is 6.07 Å². The van der Waals surface area contributed by atoms with Crippen LogP contribution in [0.3, 0.4) is 0 Å². The Morgan fingerprint density at radius 1 is 1.33 bits per heavy atom. The van der Waals surface area contributed by atoms with E-state index >= 15 is 0 Å². The minimum atomic E-state index is 0.106. The third-order valence-corrected chi connectivity index (χ3v) is 5.29. The van der Waals surface area contributed by atoms with Gasteiger partial charge in [0, 0.05) is 43.8 Å². The number of hydrogen-bond donors (Lipinski definition) is 3. The van der Waals surface area contributed by atoms with Gasteiger partial charge in [-0.15, -0.1) is 0 Å². The number of aromatic nitrogens is 4. The maximum atomic E-state index is 9.11. The van der Waals surface area contributed by atoms with Gasteiger partial charge in [-0.3, -0.25) is 4.98 Å². The lowest BCUT2D eigenvalue weighted by atomic mass is 10.1. The summed E-state index contributed by atoms with van der Waals surface area (Å²) >= 11 is 0. The number of benzene rings is 1. The van der Waals surface area contributed by atoms with Gasteiger partial charge in [-0.25, -0.2) is 0 Å². The number of para-hydroxylation sites is 1. The number of ether oxygens (including phenoxy) is 1. The van der Waals surface area contributed by atoms with Gasteiger partial charge in [0.25, 0.3) is 0 Å². The van der Waals surface area contributed by atoms with Gasteiger partial charge >= 0.3 is 6.01 Å². The molecule has 4 heterocycles. The molecule has 4 N–H and O–H groups in total. The summed E-state index contributed by atoms with van der Waals surface area (Å²) in [5, 5.41) is 14.3. The van der Waals surface area contributed by atoms with Gasteiger partial charge in [0.2, 0.25) is 0 Å². The van der Waals surface area contributed by atoms with Crippen LogP contribution in [-0.2, 0) is 0 Å². The summed E-state index contributed by atoms with van der Waals surface area (Å²) in [6, 6.07) is 10.0. The second kappa shape index (κ2) is 7.17. The zero-order valence-electron chi connectivity index (χ0n) is 16.4. The first-order valence-electron chi connectivity index (χ1n) is 9.70. The molecule has 0 radical (unpaired) electrons. The lowest BCUT2D eigenvalue weighted by molar-refractivity contribution is 0.442. The Morgan fingerprint density at radius 2 is 2.23 bits per heavy atom. The van der Waals surface area contributed by atoms with Crippen LogP contribution in [0.15, 0.2) is 36.7 Å². The van der Waals surface area contributed by atoms with Crippen LogP contribution in [0.5, 0.6) is 11.8 Å². The Hall–Kier alpha value is -3.90. The number of nitrogens with two attached hydrogens (primary N) is 1. The molecule has 0 unspecified atom stereocenters. The van der Waals surface area contributed by atoms with Crippen molar-refractivity contribution in [2.75, 3.05) is 30.4 Å². The van der Waals surface area contributed by atoms with Gasteiger partial charge in [0.15, 0.2) is 5.75 Å². The lowest BCUT2D eigenvalue weighted by Gasteiger charge is -2.18. The summed E-state index contributed by atoms with van der Waals surface area (Å²) in [6.07, 6.45) is 3.91. The lowest BCUT2D eigenvalue weighted by Crippen LogP contribution is -2.27. The topological polar surface area (TPSA) is 129 Å². The van der Waals surface area contributed by atoms with Crippen molar-refractivity contribution in [3.63, 3.8) is 0 Å². The Kier molecular flexibility index (Phi) is 4.34. The van der Waals surface area contributed by atoms with E-state index in [4.69, 9.17) is 20.7 Å². The molecule has 9 nitrogen and oxygen atoms in total. The predicted molar refractivity (Wildman–Crippen MR) is 115 cm³/mol. The van der Waals surface area contributed by atoms with Crippen LogP contribution in [-0.4, -0.2) is 46.1 Å². The highest BCUT2D eigenvalue weighted by Crippen LogP contribution is 2.37. The molecule has 1 atom stereocenters. The molecule has 0 bridgehead atoms. The number of anilines is 2. The van der Waals surface area contributed by atoms with Gasteiger partial charge < -0.3 is 25.7 Å². The largest absolute Gasteiger partial charge is 0.422 e. The summed E-state index contributed by atoms with van der Waals surface area (Å²) in [4.78, 5) is 18.9. The molecule has 5 rings (SSSR count). The zero-order valence-corrected chi connectivity index (χ0v) is 16.4. The average molecular weight is 400 g/mol. The Morgan fingerprint density at radius 3 is 3.00 bits per heavy atom. The van der Waals surface area contributed by atoms with Crippen LogP contribution in [0.4, 0.5) is 11.5 Å². The summed E-state index contributed by atoms with van der Waals surface area (Å²) in [7, 11) is 1.89. The number of aromatic amines is 1. The minimum absolute atomic E-state index is 0.106. The molecule has 1 saturated heterocycles. The number of hydrogen-bond acceptors (Lipinski definition) is 8. The number of H-pyrrole nitrogens is 1. The summed E-state index contributed by atoms with van der Waals surface area (Å²) in [5.41, 5.74) is 9.18. The van der Waals surface area contributed by atoms with Crippen molar-refractivity contribution in [1.29, 1.82) is 5.26 Å². The maximum absolute atomic E-state index is 9.11. The molecular formula is C21H20N8O. The standard InChI is InChI=1S/C21H20N8O/c1-24-16-4-2-3-15-17-19(26-18(15)16)27-21(28-20(17)29-6-5-13(23)11-29)30-14-7-12(8-22)9-25-10-14/h2-4,7,9-10,13,24H,5-6,11,23H2,1H3,(H,26,27,28)/t13-/m1/s1. The van der Waals surface area contributed by atoms with Crippen LogP contribution in [0.2, 0.25) is 0 Å². The van der Waals surface area contributed by atoms with E-state index in [-0.39, 0.29) is 12.1 Å². The third-order valence-electron chi connectivity index (χ3n) is 5.29. The molecule has 0 spiro atoms. The van der Waals surface area contributed by atoms with Crippen LogP contribution < -0.4 is 20.7 Å². The fraction of sp³-hybridized carbons (Fsp3) is 0.238. The highest BCUT2D eigenvalue weighted by Gasteiger charge is 2.25. The predicted octanol–water partition coefficient (Wildman–Crippen LogP) is 2.75. The normalized spacial score (nSPS) is 16.2. The summed E-state index contributed by atoms with van der Waals surface area (Å²) in [6.45, 7) is 1.53. The van der Waals surface area contributed by atoms with Crippen LogP contribution in [0.25, 0.3) is 21.9 Å². The Bertz CT molecular complexity index is 1290. The van der Waals surface area contributed by atoms with E-state index in [9.17, 15) is 0 Å². The number of pyridine rings is 1. The van der Waals surface area contributed by atoms with Gasteiger partial charge in [0.1, 0.15) is 17.5 Å². The first-order chi connectivity index (χ1) is 14.7. The van der Waals surface area contributed by atoms with Crippen molar-refractivity contribution in [3.8, 4) is 17.8 Å². The molecule has 3 aromatic heterocycles. The van der Waals surface area contributed by atoms with Crippen molar-refractivity contribution < 1.29 is 4.74 Å². The highest BCUT2D eigenvalue weighted by atomic mass is 16.5. The fourth-order valence-electron chi connectivity index (χ4n) is 3.88. The van der Waals surface area contributed by atoms with E-state index in [1.165, 1.54) is 12.4 Å². The van der Waals surface area contributed by atoms with Gasteiger partial charge in [0.05, 0.1) is 28.4 Å². The van der Waals surface area contributed by atoms with Crippen molar-refractivity contribution >= 4 is 33.4 Å². The molecule has 1 aliphatic heterocycles. The quantitative estimate of drug-likeness (QED) is 0.477. The number of fused-ring (bicyclic) bond motifs is 3. The molecular weight excluding hydrogens is 380 g/mol. The molecule has 150 valence electrons. The number of nitrogens with zero attached hydrogens (tertiary/aromatic N) is 5. The molecule has 0 amide bonds.